The van der Waals surface area contributed by atoms with Crippen LogP contribution in [0.4, 0.5) is 5.82 Å². The Bertz CT molecular complexity index is 1390. The van der Waals surface area contributed by atoms with E-state index in [2.05, 4.69) is 20.4 Å². The van der Waals surface area contributed by atoms with Gasteiger partial charge in [0.05, 0.1) is 17.0 Å². The van der Waals surface area contributed by atoms with Gasteiger partial charge in [0.15, 0.2) is 9.84 Å². The van der Waals surface area contributed by atoms with Crippen LogP contribution in [0.1, 0.15) is 25.2 Å². The third-order valence-corrected chi connectivity index (χ3v) is 8.32. The number of carbonyl (C=O) groups is 1. The number of rotatable bonds is 4. The zero-order chi connectivity index (χ0) is 26.2. The summed E-state index contributed by atoms with van der Waals surface area (Å²) in [5.74, 6) is 1.48. The smallest absolute Gasteiger partial charge is 0.242 e. The van der Waals surface area contributed by atoms with Crippen molar-refractivity contribution in [2.75, 3.05) is 37.8 Å². The van der Waals surface area contributed by atoms with Gasteiger partial charge < -0.3 is 10.6 Å². The van der Waals surface area contributed by atoms with Gasteiger partial charge in [0.1, 0.15) is 17.7 Å². The molecule has 1 fully saturated rings. The van der Waals surface area contributed by atoms with Crippen molar-refractivity contribution in [3.8, 4) is 0 Å². The fourth-order valence-electron chi connectivity index (χ4n) is 5.10. The number of sulfone groups is 1. The number of benzene rings is 2. The molecule has 0 aliphatic carbocycles. The number of piperazine rings is 1. The minimum absolute atomic E-state index is 0.0328. The summed E-state index contributed by atoms with van der Waals surface area (Å²) in [7, 11) is -3.21. The molecule has 2 aromatic carbocycles. The number of hydrogen-bond donors (Lipinski definition) is 2. The molecule has 1 saturated heterocycles. The summed E-state index contributed by atoms with van der Waals surface area (Å²) in [6.45, 7) is 8.35. The second-order valence-corrected chi connectivity index (χ2v) is 12.4. The minimum atomic E-state index is -3.21. The molecule has 1 unspecified atom stereocenters. The average molecular weight is 523 g/mol. The highest BCUT2D eigenvalue weighted by molar-refractivity contribution is 7.90. The molecule has 2 N–H and O–H groups in total. The normalized spacial score (nSPS) is 21.7. The molecule has 2 bridgehead atoms. The maximum Gasteiger partial charge on any atom is 0.242 e. The highest BCUT2D eigenvalue weighted by Gasteiger charge is 2.31. The van der Waals surface area contributed by atoms with Crippen molar-refractivity contribution < 1.29 is 13.2 Å². The summed E-state index contributed by atoms with van der Waals surface area (Å²) in [6, 6.07) is 14.7. The molecule has 37 heavy (non-hydrogen) atoms. The van der Waals surface area contributed by atoms with Crippen LogP contribution in [-0.2, 0) is 27.7 Å². The molecule has 0 radical (unpaired) electrons. The average Bonchev–Trinajstić information content (AvgIpc) is 2.88. The van der Waals surface area contributed by atoms with Crippen LogP contribution in [0.3, 0.4) is 0 Å². The van der Waals surface area contributed by atoms with Crippen molar-refractivity contribution in [1.82, 2.24) is 25.1 Å². The summed E-state index contributed by atoms with van der Waals surface area (Å²) >= 11 is 0. The van der Waals surface area contributed by atoms with Gasteiger partial charge in [0.25, 0.3) is 0 Å². The standard InChI is InChI=1S/C27H34N6O3S/c1-18(2)25-27(34)28-14-20-16-32(15-19-8-10-21(11-9-19)37(3,35)36)12-13-33(20)17-24-29-23-7-5-4-6-22(23)26(30-24)31-25/h4-11,18,20,25H,12-17H2,1-3H3,(H,28,34)(H,29,30,31)/t20?,25-/m0/s1. The first-order chi connectivity index (χ1) is 17.7. The largest absolute Gasteiger partial charge is 0.358 e. The number of aromatic nitrogens is 2. The minimum Gasteiger partial charge on any atom is -0.358 e. The lowest BCUT2D eigenvalue weighted by Gasteiger charge is -2.41. The molecule has 1 aromatic heterocycles. The lowest BCUT2D eigenvalue weighted by atomic mass is 10.0. The van der Waals surface area contributed by atoms with E-state index in [0.717, 1.165) is 48.5 Å². The van der Waals surface area contributed by atoms with Gasteiger partial charge in [-0.05, 0) is 35.7 Å². The zero-order valence-electron chi connectivity index (χ0n) is 21.5. The van der Waals surface area contributed by atoms with Gasteiger partial charge in [0.2, 0.25) is 5.91 Å². The molecule has 2 atom stereocenters. The van der Waals surface area contributed by atoms with Gasteiger partial charge in [0, 0.05) is 50.4 Å². The number of fused-ring (bicyclic) bond motifs is 5. The van der Waals surface area contributed by atoms with Crippen LogP contribution in [0.2, 0.25) is 0 Å². The van der Waals surface area contributed by atoms with E-state index in [4.69, 9.17) is 9.97 Å². The molecule has 2 aliphatic rings. The lowest BCUT2D eigenvalue weighted by Crippen LogP contribution is -2.57. The van der Waals surface area contributed by atoms with Crippen LogP contribution in [0.5, 0.6) is 0 Å². The maximum atomic E-state index is 13.3. The Morgan fingerprint density at radius 1 is 1.05 bits per heavy atom. The van der Waals surface area contributed by atoms with Crippen LogP contribution in [0.25, 0.3) is 10.9 Å². The molecule has 3 aromatic rings. The van der Waals surface area contributed by atoms with E-state index in [0.29, 0.717) is 23.8 Å². The molecule has 5 rings (SSSR count). The van der Waals surface area contributed by atoms with E-state index >= 15 is 0 Å². The van der Waals surface area contributed by atoms with Crippen LogP contribution >= 0.6 is 0 Å². The number of nitrogens with zero attached hydrogens (tertiary/aromatic N) is 4. The predicted molar refractivity (Wildman–Crippen MR) is 144 cm³/mol. The zero-order valence-corrected chi connectivity index (χ0v) is 22.3. The first-order valence-electron chi connectivity index (χ1n) is 12.7. The Kier molecular flexibility index (Phi) is 7.15. The number of carbonyl (C=O) groups excluding carboxylic acids is 1. The molecule has 3 heterocycles. The summed E-state index contributed by atoms with van der Waals surface area (Å²) in [5, 5.41) is 7.51. The van der Waals surface area contributed by atoms with E-state index in [1.54, 1.807) is 12.1 Å². The first-order valence-corrected chi connectivity index (χ1v) is 14.6. The number of nitrogens with one attached hydrogen (secondary N) is 2. The second kappa shape index (κ2) is 10.4. The fraction of sp³-hybridized carbons (Fsp3) is 0.444. The van der Waals surface area contributed by atoms with E-state index in [1.807, 2.05) is 50.2 Å². The van der Waals surface area contributed by atoms with Gasteiger partial charge in [-0.3, -0.25) is 14.6 Å². The van der Waals surface area contributed by atoms with Crippen molar-refractivity contribution in [2.24, 2.45) is 5.92 Å². The van der Waals surface area contributed by atoms with Gasteiger partial charge in [-0.25, -0.2) is 18.4 Å². The van der Waals surface area contributed by atoms with Crippen LogP contribution in [-0.4, -0.2) is 78.6 Å². The van der Waals surface area contributed by atoms with Crippen molar-refractivity contribution in [2.45, 2.75) is 43.9 Å². The highest BCUT2D eigenvalue weighted by atomic mass is 32.2. The lowest BCUT2D eigenvalue weighted by molar-refractivity contribution is -0.123. The third-order valence-electron chi connectivity index (χ3n) is 7.19. The summed E-state index contributed by atoms with van der Waals surface area (Å²) in [4.78, 5) is 28.0. The molecular weight excluding hydrogens is 488 g/mol. The third kappa shape index (κ3) is 5.76. The number of hydrogen-bond acceptors (Lipinski definition) is 8. The molecule has 10 heteroatoms. The fourth-order valence-corrected chi connectivity index (χ4v) is 5.73. The SMILES string of the molecule is CC(C)[C@@H]1Nc2nc(nc3ccccc23)CN2CCN(Cc3ccc(S(C)(=O)=O)cc3)CC2CNC1=O. The van der Waals surface area contributed by atoms with Gasteiger partial charge >= 0.3 is 0 Å². The van der Waals surface area contributed by atoms with E-state index in [-0.39, 0.29) is 17.9 Å². The van der Waals surface area contributed by atoms with Gasteiger partial charge in [-0.2, -0.15) is 0 Å². The molecule has 9 nitrogen and oxygen atoms in total. The van der Waals surface area contributed by atoms with Crippen LogP contribution in [0, 0.1) is 5.92 Å². The van der Waals surface area contributed by atoms with Crippen molar-refractivity contribution in [1.29, 1.82) is 0 Å². The maximum absolute atomic E-state index is 13.3. The second-order valence-electron chi connectivity index (χ2n) is 10.4. The first kappa shape index (κ1) is 25.6. The Morgan fingerprint density at radius 2 is 1.81 bits per heavy atom. The highest BCUT2D eigenvalue weighted by Crippen LogP contribution is 2.24. The van der Waals surface area contributed by atoms with Crippen molar-refractivity contribution in [3.63, 3.8) is 0 Å². The number of para-hydroxylation sites is 1. The van der Waals surface area contributed by atoms with Crippen LogP contribution < -0.4 is 10.6 Å². The van der Waals surface area contributed by atoms with Crippen LogP contribution in [0.15, 0.2) is 53.4 Å². The summed E-state index contributed by atoms with van der Waals surface area (Å²) in [5.41, 5.74) is 1.93. The predicted octanol–water partition coefficient (Wildman–Crippen LogP) is 2.29. The molecule has 0 spiro atoms. The Balaban J connectivity index is 1.39. The van der Waals surface area contributed by atoms with Crippen molar-refractivity contribution in [3.05, 3.63) is 59.9 Å². The quantitative estimate of drug-likeness (QED) is 0.538. The summed E-state index contributed by atoms with van der Waals surface area (Å²) < 4.78 is 23.6. The number of amides is 1. The van der Waals surface area contributed by atoms with E-state index in [1.165, 1.54) is 6.26 Å². The monoisotopic (exact) mass is 522 g/mol. The molecule has 196 valence electrons. The Labute approximate surface area is 218 Å². The van der Waals surface area contributed by atoms with E-state index < -0.39 is 15.9 Å². The van der Waals surface area contributed by atoms with Gasteiger partial charge in [-0.1, -0.05) is 38.1 Å². The molecule has 1 amide bonds. The molecular formula is C27H34N6O3S. The van der Waals surface area contributed by atoms with Crippen molar-refractivity contribution >= 4 is 32.5 Å². The topological polar surface area (TPSA) is 108 Å². The molecule has 0 saturated carbocycles. The Morgan fingerprint density at radius 3 is 2.54 bits per heavy atom. The number of anilines is 1. The van der Waals surface area contributed by atoms with E-state index in [9.17, 15) is 13.2 Å². The Hall–Kier alpha value is -3.08. The molecule has 2 aliphatic heterocycles. The summed E-state index contributed by atoms with van der Waals surface area (Å²) in [6.07, 6.45) is 1.22. The van der Waals surface area contributed by atoms with Gasteiger partial charge in [-0.15, -0.1) is 0 Å².